The van der Waals surface area contributed by atoms with Crippen molar-refractivity contribution < 1.29 is 9.31 Å². The second-order valence-corrected chi connectivity index (χ2v) is 8.25. The Bertz CT molecular complexity index is 769. The van der Waals surface area contributed by atoms with E-state index >= 15 is 0 Å². The number of nitrogens with zero attached hydrogens (tertiary/aromatic N) is 2. The van der Waals surface area contributed by atoms with Crippen LogP contribution in [0.3, 0.4) is 0 Å². The Hall–Kier alpha value is -1.72. The van der Waals surface area contributed by atoms with Crippen molar-refractivity contribution >= 4 is 34.7 Å². The minimum absolute atomic E-state index is 0.344. The third-order valence-electron chi connectivity index (χ3n) is 5.50. The van der Waals surface area contributed by atoms with Gasteiger partial charge in [0, 0.05) is 45.0 Å². The van der Waals surface area contributed by atoms with E-state index in [4.69, 9.17) is 9.31 Å². The lowest BCUT2D eigenvalue weighted by atomic mass is 9.75. The second-order valence-electron chi connectivity index (χ2n) is 8.25. The maximum absolute atomic E-state index is 6.31. The summed E-state index contributed by atoms with van der Waals surface area (Å²) in [5.74, 6) is 0. The van der Waals surface area contributed by atoms with E-state index in [1.807, 2.05) is 0 Å². The van der Waals surface area contributed by atoms with E-state index in [2.05, 4.69) is 96.0 Å². The molecule has 1 heterocycles. The maximum atomic E-state index is 6.31. The molecule has 0 unspecified atom stereocenters. The fourth-order valence-electron chi connectivity index (χ4n) is 3.31. The zero-order valence-electron chi connectivity index (χ0n) is 16.7. The molecule has 0 bridgehead atoms. The summed E-state index contributed by atoms with van der Waals surface area (Å²) in [6.07, 6.45) is 0. The van der Waals surface area contributed by atoms with E-state index in [1.54, 1.807) is 0 Å². The zero-order chi connectivity index (χ0) is 18.6. The van der Waals surface area contributed by atoms with Crippen LogP contribution < -0.4 is 15.3 Å². The van der Waals surface area contributed by atoms with Gasteiger partial charge in [-0.15, -0.1) is 0 Å². The molecule has 134 valence electrons. The van der Waals surface area contributed by atoms with Gasteiger partial charge in [0.2, 0.25) is 0 Å². The average molecular weight is 340 g/mol. The fourth-order valence-corrected chi connectivity index (χ4v) is 3.31. The van der Waals surface area contributed by atoms with Gasteiger partial charge in [-0.1, -0.05) is 18.2 Å². The zero-order valence-corrected chi connectivity index (χ0v) is 16.7. The van der Waals surface area contributed by atoms with E-state index in [0.29, 0.717) is 0 Å². The molecule has 0 atom stereocenters. The quantitative estimate of drug-likeness (QED) is 0.801. The van der Waals surface area contributed by atoms with Crippen LogP contribution in [0.4, 0.5) is 11.4 Å². The molecule has 0 aromatic heterocycles. The molecule has 2 aromatic carbocycles. The van der Waals surface area contributed by atoms with Gasteiger partial charge in [-0.05, 0) is 50.7 Å². The van der Waals surface area contributed by atoms with Crippen molar-refractivity contribution in [3.05, 3.63) is 30.3 Å². The predicted octanol–water partition coefficient (Wildman–Crippen LogP) is 3.27. The molecule has 2 aromatic rings. The van der Waals surface area contributed by atoms with E-state index < -0.39 is 0 Å². The SMILES string of the molecule is CN(C)c1cccc2c(B3OC(C)(C)C(C)(C)O3)ccc(N(C)C)c12. The molecular formula is C20H29BN2O2. The molecule has 1 aliphatic heterocycles. The van der Waals surface area contributed by atoms with Crippen molar-refractivity contribution in [2.75, 3.05) is 38.0 Å². The molecular weight excluding hydrogens is 311 g/mol. The molecule has 3 rings (SSSR count). The summed E-state index contributed by atoms with van der Waals surface area (Å²) >= 11 is 0. The minimum atomic E-state index is -0.360. The van der Waals surface area contributed by atoms with Crippen molar-refractivity contribution in [3.63, 3.8) is 0 Å². The Kier molecular flexibility index (Phi) is 4.29. The van der Waals surface area contributed by atoms with Crippen molar-refractivity contribution in [1.29, 1.82) is 0 Å². The lowest BCUT2D eigenvalue weighted by molar-refractivity contribution is 0.00578. The average Bonchev–Trinajstić information content (AvgIpc) is 2.73. The van der Waals surface area contributed by atoms with Gasteiger partial charge in [0.25, 0.3) is 0 Å². The molecule has 0 radical (unpaired) electrons. The third-order valence-corrected chi connectivity index (χ3v) is 5.50. The monoisotopic (exact) mass is 340 g/mol. The number of hydrogen-bond donors (Lipinski definition) is 0. The summed E-state index contributed by atoms with van der Waals surface area (Å²) in [4.78, 5) is 4.31. The van der Waals surface area contributed by atoms with Gasteiger partial charge in [0.1, 0.15) is 0 Å². The van der Waals surface area contributed by atoms with Crippen molar-refractivity contribution in [2.24, 2.45) is 0 Å². The van der Waals surface area contributed by atoms with E-state index in [-0.39, 0.29) is 18.3 Å². The first kappa shape index (κ1) is 18.1. The van der Waals surface area contributed by atoms with Gasteiger partial charge in [-0.2, -0.15) is 0 Å². The van der Waals surface area contributed by atoms with Crippen LogP contribution in [-0.4, -0.2) is 46.5 Å². The highest BCUT2D eigenvalue weighted by Gasteiger charge is 2.52. The highest BCUT2D eigenvalue weighted by atomic mass is 16.7. The summed E-state index contributed by atoms with van der Waals surface area (Å²) in [6, 6.07) is 10.7. The number of anilines is 2. The molecule has 1 fully saturated rings. The molecule has 0 N–H and O–H groups in total. The molecule has 4 nitrogen and oxygen atoms in total. The molecule has 1 aliphatic rings. The summed E-state index contributed by atoms with van der Waals surface area (Å²) in [7, 11) is 7.96. The molecule has 5 heteroatoms. The molecule has 25 heavy (non-hydrogen) atoms. The number of fused-ring (bicyclic) bond motifs is 1. The number of benzene rings is 2. The second kappa shape index (κ2) is 5.92. The number of rotatable bonds is 3. The Morgan fingerprint density at radius 2 is 1.28 bits per heavy atom. The Labute approximate surface area is 151 Å². The third kappa shape index (κ3) is 2.89. The highest BCUT2D eigenvalue weighted by molar-refractivity contribution is 6.65. The van der Waals surface area contributed by atoms with Crippen LogP contribution in [0, 0.1) is 0 Å². The number of hydrogen-bond acceptors (Lipinski definition) is 4. The minimum Gasteiger partial charge on any atom is -0.399 e. The normalized spacial score (nSPS) is 18.6. The van der Waals surface area contributed by atoms with Gasteiger partial charge in [0.05, 0.1) is 11.2 Å². The first-order valence-electron chi connectivity index (χ1n) is 8.81. The summed E-state index contributed by atoms with van der Waals surface area (Å²) in [6.45, 7) is 8.37. The van der Waals surface area contributed by atoms with E-state index in [0.717, 1.165) is 5.46 Å². The molecule has 0 spiro atoms. The standard InChI is InChI=1S/C20H29BN2O2/c1-19(2)20(3,4)25-21(24-19)15-12-13-17(23(7)8)18-14(15)10-9-11-16(18)22(5)6/h9-13H,1-8H3. The van der Waals surface area contributed by atoms with Gasteiger partial charge in [0.15, 0.2) is 0 Å². The largest absolute Gasteiger partial charge is 0.495 e. The van der Waals surface area contributed by atoms with Gasteiger partial charge < -0.3 is 19.1 Å². The topological polar surface area (TPSA) is 24.9 Å². The van der Waals surface area contributed by atoms with Crippen molar-refractivity contribution in [3.8, 4) is 0 Å². The van der Waals surface area contributed by atoms with Crippen molar-refractivity contribution in [2.45, 2.75) is 38.9 Å². The predicted molar refractivity (Wildman–Crippen MR) is 108 cm³/mol. The van der Waals surface area contributed by atoms with Crippen LogP contribution in [0.15, 0.2) is 30.3 Å². The first-order chi connectivity index (χ1) is 11.5. The van der Waals surface area contributed by atoms with Crippen LogP contribution in [0.25, 0.3) is 10.8 Å². The highest BCUT2D eigenvalue weighted by Crippen LogP contribution is 2.39. The summed E-state index contributed by atoms with van der Waals surface area (Å²) < 4.78 is 12.6. The smallest absolute Gasteiger partial charge is 0.399 e. The molecule has 1 saturated heterocycles. The van der Waals surface area contributed by atoms with Gasteiger partial charge in [-0.25, -0.2) is 0 Å². The summed E-state index contributed by atoms with van der Waals surface area (Å²) in [5.41, 5.74) is 2.79. The first-order valence-corrected chi connectivity index (χ1v) is 8.81. The Morgan fingerprint density at radius 1 is 0.760 bits per heavy atom. The Balaban J connectivity index is 2.22. The molecule has 0 aliphatic carbocycles. The lowest BCUT2D eigenvalue weighted by Crippen LogP contribution is -2.41. The summed E-state index contributed by atoms with van der Waals surface area (Å²) in [5, 5.41) is 2.40. The molecule has 0 amide bonds. The molecule has 0 saturated carbocycles. The van der Waals surface area contributed by atoms with Crippen LogP contribution in [-0.2, 0) is 9.31 Å². The van der Waals surface area contributed by atoms with Crippen LogP contribution in [0.1, 0.15) is 27.7 Å². The Morgan fingerprint density at radius 3 is 1.80 bits per heavy atom. The van der Waals surface area contributed by atoms with Crippen LogP contribution in [0.2, 0.25) is 0 Å². The van der Waals surface area contributed by atoms with Gasteiger partial charge >= 0.3 is 7.12 Å². The lowest BCUT2D eigenvalue weighted by Gasteiger charge is -2.32. The van der Waals surface area contributed by atoms with E-state index in [9.17, 15) is 0 Å². The van der Waals surface area contributed by atoms with E-state index in [1.165, 1.54) is 22.1 Å². The van der Waals surface area contributed by atoms with Crippen LogP contribution >= 0.6 is 0 Å². The van der Waals surface area contributed by atoms with Crippen molar-refractivity contribution in [1.82, 2.24) is 0 Å². The fraction of sp³-hybridized carbons (Fsp3) is 0.500. The van der Waals surface area contributed by atoms with Crippen LogP contribution in [0.5, 0.6) is 0 Å². The maximum Gasteiger partial charge on any atom is 0.495 e. The van der Waals surface area contributed by atoms with Gasteiger partial charge in [-0.3, -0.25) is 0 Å².